The molecule has 3 heteroatoms. The first-order valence-corrected chi connectivity index (χ1v) is 6.89. The number of nitrogen functional groups attached to an aromatic ring is 1. The third-order valence-corrected chi connectivity index (χ3v) is 4.09. The van der Waals surface area contributed by atoms with Crippen LogP contribution in [0.2, 0.25) is 0 Å². The van der Waals surface area contributed by atoms with E-state index in [9.17, 15) is 0 Å². The summed E-state index contributed by atoms with van der Waals surface area (Å²) in [5.74, 6) is 0.616. The van der Waals surface area contributed by atoms with Gasteiger partial charge in [-0.1, -0.05) is 28.8 Å². The Morgan fingerprint density at radius 3 is 2.71 bits per heavy atom. The van der Waals surface area contributed by atoms with Crippen molar-refractivity contribution < 1.29 is 0 Å². The molecule has 0 bridgehead atoms. The molecule has 2 aromatic rings. The third-order valence-electron chi connectivity index (χ3n) is 3.60. The molecular weight excluding hydrogens is 276 g/mol. The molecule has 1 heterocycles. The number of pyridine rings is 1. The number of nitrogens with two attached hydrogens (primary N) is 1. The molecule has 1 aromatic heterocycles. The molecule has 0 spiro atoms. The summed E-state index contributed by atoms with van der Waals surface area (Å²) < 4.78 is 1.05. The van der Waals surface area contributed by atoms with Crippen LogP contribution in [0, 0.1) is 0 Å². The molecular formula is C14H15BrN2. The monoisotopic (exact) mass is 290 g/mol. The minimum atomic E-state index is 0.616. The lowest BCUT2D eigenvalue weighted by Crippen LogP contribution is -1.99. The molecule has 0 radical (unpaired) electrons. The van der Waals surface area contributed by atoms with Gasteiger partial charge < -0.3 is 5.73 Å². The molecule has 17 heavy (non-hydrogen) atoms. The molecule has 1 aliphatic rings. The first-order chi connectivity index (χ1) is 8.24. The second-order valence-electron chi connectivity index (χ2n) is 4.78. The van der Waals surface area contributed by atoms with Gasteiger partial charge in [-0.2, -0.15) is 0 Å². The number of halogens is 1. The Balaban J connectivity index is 2.13. The molecule has 0 amide bonds. The van der Waals surface area contributed by atoms with E-state index in [0.29, 0.717) is 5.92 Å². The molecule has 0 aliphatic heterocycles. The van der Waals surface area contributed by atoms with Crippen LogP contribution in [0.1, 0.15) is 37.3 Å². The number of anilines is 1. The maximum Gasteiger partial charge on any atom is 0.0726 e. The smallest absolute Gasteiger partial charge is 0.0726 e. The van der Waals surface area contributed by atoms with Gasteiger partial charge >= 0.3 is 0 Å². The van der Waals surface area contributed by atoms with Crippen molar-refractivity contribution in [2.75, 3.05) is 5.73 Å². The zero-order valence-electron chi connectivity index (χ0n) is 9.62. The van der Waals surface area contributed by atoms with E-state index in [4.69, 9.17) is 10.7 Å². The zero-order valence-corrected chi connectivity index (χ0v) is 11.2. The number of hydrogen-bond acceptors (Lipinski definition) is 2. The minimum absolute atomic E-state index is 0.616. The van der Waals surface area contributed by atoms with Crippen LogP contribution in [-0.2, 0) is 0 Å². The quantitative estimate of drug-likeness (QED) is 0.853. The van der Waals surface area contributed by atoms with Crippen LogP contribution < -0.4 is 5.73 Å². The van der Waals surface area contributed by atoms with Crippen LogP contribution in [-0.4, -0.2) is 4.98 Å². The SMILES string of the molecule is Nc1cc(C2CCCC2)nc2ccc(Br)cc12. The van der Waals surface area contributed by atoms with Gasteiger partial charge in [0.1, 0.15) is 0 Å². The van der Waals surface area contributed by atoms with Gasteiger partial charge in [-0.15, -0.1) is 0 Å². The summed E-state index contributed by atoms with van der Waals surface area (Å²) in [5.41, 5.74) is 9.16. The molecule has 0 atom stereocenters. The average molecular weight is 291 g/mol. The summed E-state index contributed by atoms with van der Waals surface area (Å²) in [6.45, 7) is 0. The van der Waals surface area contributed by atoms with Crippen molar-refractivity contribution in [3.05, 3.63) is 34.4 Å². The molecule has 1 aromatic carbocycles. The van der Waals surface area contributed by atoms with Crippen molar-refractivity contribution in [2.24, 2.45) is 0 Å². The Hall–Kier alpha value is -1.09. The fraction of sp³-hybridized carbons (Fsp3) is 0.357. The predicted molar refractivity (Wildman–Crippen MR) is 75.1 cm³/mol. The molecule has 3 rings (SSSR count). The Kier molecular flexibility index (Phi) is 2.79. The van der Waals surface area contributed by atoms with Gasteiger partial charge in [0.05, 0.1) is 5.52 Å². The number of fused-ring (bicyclic) bond motifs is 1. The number of rotatable bonds is 1. The lowest BCUT2D eigenvalue weighted by Gasteiger charge is -2.11. The summed E-state index contributed by atoms with van der Waals surface area (Å²) in [7, 11) is 0. The highest BCUT2D eigenvalue weighted by Crippen LogP contribution is 2.35. The van der Waals surface area contributed by atoms with E-state index in [1.165, 1.54) is 31.4 Å². The van der Waals surface area contributed by atoms with Crippen molar-refractivity contribution >= 4 is 32.5 Å². The van der Waals surface area contributed by atoms with Crippen LogP contribution >= 0.6 is 15.9 Å². The Morgan fingerprint density at radius 2 is 1.94 bits per heavy atom. The van der Waals surface area contributed by atoms with E-state index in [1.807, 2.05) is 18.2 Å². The fourth-order valence-electron chi connectivity index (χ4n) is 2.68. The predicted octanol–water partition coefficient (Wildman–Crippen LogP) is 4.24. The Labute approximate surface area is 109 Å². The van der Waals surface area contributed by atoms with Crippen molar-refractivity contribution in [1.82, 2.24) is 4.98 Å². The standard InChI is InChI=1S/C14H15BrN2/c15-10-5-6-13-11(7-10)12(16)8-14(17-13)9-3-1-2-4-9/h5-9H,1-4H2,(H2,16,17). The topological polar surface area (TPSA) is 38.9 Å². The normalized spacial score (nSPS) is 16.8. The van der Waals surface area contributed by atoms with E-state index in [2.05, 4.69) is 22.0 Å². The van der Waals surface area contributed by atoms with E-state index < -0.39 is 0 Å². The minimum Gasteiger partial charge on any atom is -0.398 e. The highest BCUT2D eigenvalue weighted by Gasteiger charge is 2.19. The Morgan fingerprint density at radius 1 is 1.18 bits per heavy atom. The average Bonchev–Trinajstić information content (AvgIpc) is 2.83. The first kappa shape index (κ1) is 11.0. The van der Waals surface area contributed by atoms with Crippen LogP contribution in [0.4, 0.5) is 5.69 Å². The van der Waals surface area contributed by atoms with Crippen molar-refractivity contribution in [3.63, 3.8) is 0 Å². The van der Waals surface area contributed by atoms with Gasteiger partial charge in [0.25, 0.3) is 0 Å². The van der Waals surface area contributed by atoms with Gasteiger partial charge in [0, 0.05) is 27.2 Å². The van der Waals surface area contributed by atoms with Crippen LogP contribution in [0.5, 0.6) is 0 Å². The molecule has 1 saturated carbocycles. The molecule has 1 fully saturated rings. The van der Waals surface area contributed by atoms with Gasteiger partial charge in [0.15, 0.2) is 0 Å². The van der Waals surface area contributed by atoms with Gasteiger partial charge in [-0.3, -0.25) is 4.98 Å². The molecule has 0 unspecified atom stereocenters. The van der Waals surface area contributed by atoms with Gasteiger partial charge in [-0.05, 0) is 37.1 Å². The van der Waals surface area contributed by atoms with Crippen LogP contribution in [0.25, 0.3) is 10.9 Å². The Bertz CT molecular complexity index is 559. The highest BCUT2D eigenvalue weighted by molar-refractivity contribution is 9.10. The summed E-state index contributed by atoms with van der Waals surface area (Å²) in [5, 5.41) is 1.04. The lowest BCUT2D eigenvalue weighted by atomic mass is 10.0. The third kappa shape index (κ3) is 2.04. The highest BCUT2D eigenvalue weighted by atomic mass is 79.9. The summed E-state index contributed by atoms with van der Waals surface area (Å²) in [4.78, 5) is 4.76. The zero-order chi connectivity index (χ0) is 11.8. The van der Waals surface area contributed by atoms with Gasteiger partial charge in [0.2, 0.25) is 0 Å². The van der Waals surface area contributed by atoms with Crippen molar-refractivity contribution in [2.45, 2.75) is 31.6 Å². The number of benzene rings is 1. The number of nitrogens with zero attached hydrogens (tertiary/aromatic N) is 1. The maximum absolute atomic E-state index is 6.13. The van der Waals surface area contributed by atoms with E-state index in [-0.39, 0.29) is 0 Å². The molecule has 1 aliphatic carbocycles. The first-order valence-electron chi connectivity index (χ1n) is 6.10. The molecule has 2 N–H and O–H groups in total. The maximum atomic E-state index is 6.13. The van der Waals surface area contributed by atoms with Gasteiger partial charge in [-0.25, -0.2) is 0 Å². The molecule has 88 valence electrons. The number of hydrogen-bond donors (Lipinski definition) is 1. The van der Waals surface area contributed by atoms with Crippen LogP contribution in [0.3, 0.4) is 0 Å². The van der Waals surface area contributed by atoms with E-state index in [1.54, 1.807) is 0 Å². The van der Waals surface area contributed by atoms with Crippen molar-refractivity contribution in [3.8, 4) is 0 Å². The largest absolute Gasteiger partial charge is 0.398 e. The van der Waals surface area contributed by atoms with Crippen LogP contribution in [0.15, 0.2) is 28.7 Å². The lowest BCUT2D eigenvalue weighted by molar-refractivity contribution is 0.701. The fourth-order valence-corrected chi connectivity index (χ4v) is 3.04. The van der Waals surface area contributed by atoms with E-state index >= 15 is 0 Å². The van der Waals surface area contributed by atoms with E-state index in [0.717, 1.165) is 21.1 Å². The summed E-state index contributed by atoms with van der Waals surface area (Å²) >= 11 is 3.47. The summed E-state index contributed by atoms with van der Waals surface area (Å²) in [6, 6.07) is 8.16. The number of aromatic nitrogens is 1. The molecule has 0 saturated heterocycles. The molecule has 2 nitrogen and oxygen atoms in total. The second kappa shape index (κ2) is 4.30. The summed E-state index contributed by atoms with van der Waals surface area (Å²) in [6.07, 6.45) is 5.16. The van der Waals surface area contributed by atoms with Crippen molar-refractivity contribution in [1.29, 1.82) is 0 Å². The second-order valence-corrected chi connectivity index (χ2v) is 5.69.